The van der Waals surface area contributed by atoms with Crippen LogP contribution in [0.15, 0.2) is 34.6 Å². The lowest BCUT2D eigenvalue weighted by molar-refractivity contribution is -0.114. The molecule has 2 aromatic rings. The van der Waals surface area contributed by atoms with Crippen LogP contribution < -0.4 is 10.6 Å². The predicted molar refractivity (Wildman–Crippen MR) is 123 cm³/mol. The highest BCUT2D eigenvalue weighted by molar-refractivity contribution is 14.0. The number of carbonyl (C=O) groups excluding carboxylic acids is 1. The molecule has 1 aromatic carbocycles. The molecule has 0 aliphatic heterocycles. The Balaban J connectivity index is 0.00000364. The van der Waals surface area contributed by atoms with E-state index in [1.165, 1.54) is 0 Å². The molecule has 0 unspecified atom stereocenters. The summed E-state index contributed by atoms with van der Waals surface area (Å²) in [6.07, 6.45) is 5.38. The molecular weight excluding hydrogens is 473 g/mol. The van der Waals surface area contributed by atoms with Gasteiger partial charge in [-0.2, -0.15) is 0 Å². The maximum atomic E-state index is 12.2. The van der Waals surface area contributed by atoms with Crippen molar-refractivity contribution in [2.45, 2.75) is 20.4 Å². The Hall–Kier alpha value is -2.12. The fraction of sp³-hybridized carbons (Fsp3) is 0.316. The van der Waals surface area contributed by atoms with Crippen LogP contribution in [0.1, 0.15) is 23.2 Å². The molecular formula is C19H24IN5OS. The molecule has 8 heteroatoms. The van der Waals surface area contributed by atoms with E-state index in [9.17, 15) is 4.79 Å². The predicted octanol–water partition coefficient (Wildman–Crippen LogP) is 3.09. The van der Waals surface area contributed by atoms with E-state index in [0.717, 1.165) is 16.3 Å². The lowest BCUT2D eigenvalue weighted by Gasteiger charge is -2.21. The Morgan fingerprint density at radius 2 is 2.22 bits per heavy atom. The first-order valence-electron chi connectivity index (χ1n) is 8.28. The first-order chi connectivity index (χ1) is 12.5. The van der Waals surface area contributed by atoms with Gasteiger partial charge in [0.2, 0.25) is 5.91 Å². The van der Waals surface area contributed by atoms with Gasteiger partial charge in [-0.25, -0.2) is 9.98 Å². The number of guanidine groups is 1. The number of terminal acetylenes is 1. The van der Waals surface area contributed by atoms with E-state index >= 15 is 0 Å². The molecule has 2 rings (SSSR count). The van der Waals surface area contributed by atoms with Gasteiger partial charge in [0.1, 0.15) is 6.54 Å². The fourth-order valence-corrected chi connectivity index (χ4v) is 2.91. The monoisotopic (exact) mass is 497 g/mol. The number of halogens is 1. The average molecular weight is 497 g/mol. The number of thiazole rings is 1. The molecule has 0 atom stereocenters. The van der Waals surface area contributed by atoms with Gasteiger partial charge in [0.25, 0.3) is 0 Å². The summed E-state index contributed by atoms with van der Waals surface area (Å²) in [5.41, 5.74) is 2.37. The summed E-state index contributed by atoms with van der Waals surface area (Å²) in [6, 6.07) is 7.17. The number of anilines is 1. The van der Waals surface area contributed by atoms with Crippen LogP contribution in [0, 0.1) is 19.3 Å². The summed E-state index contributed by atoms with van der Waals surface area (Å²) in [5.74, 6) is 3.00. The minimum absolute atomic E-state index is 0. The Labute approximate surface area is 181 Å². The van der Waals surface area contributed by atoms with Crippen LogP contribution in [0.3, 0.4) is 0 Å². The van der Waals surface area contributed by atoms with Crippen molar-refractivity contribution in [3.05, 3.63) is 45.9 Å². The van der Waals surface area contributed by atoms with Crippen LogP contribution in [-0.4, -0.2) is 41.9 Å². The highest BCUT2D eigenvalue weighted by Crippen LogP contribution is 2.11. The second-order valence-corrected chi connectivity index (χ2v) is 6.72. The van der Waals surface area contributed by atoms with Gasteiger partial charge >= 0.3 is 0 Å². The first kappa shape index (κ1) is 22.9. The summed E-state index contributed by atoms with van der Waals surface area (Å²) in [7, 11) is 1.92. The van der Waals surface area contributed by atoms with Crippen molar-refractivity contribution in [1.29, 1.82) is 0 Å². The number of nitrogens with one attached hydrogen (secondary N) is 2. The van der Waals surface area contributed by atoms with E-state index in [4.69, 9.17) is 6.42 Å². The van der Waals surface area contributed by atoms with Crippen LogP contribution in [0.5, 0.6) is 0 Å². The fourth-order valence-electron chi connectivity index (χ4n) is 2.30. The van der Waals surface area contributed by atoms with Crippen molar-refractivity contribution in [2.24, 2.45) is 4.99 Å². The number of aliphatic imine (C=N–C) groups is 1. The molecule has 1 aromatic heterocycles. The third-order valence-corrected chi connectivity index (χ3v) is 4.27. The first-order valence-corrected chi connectivity index (χ1v) is 9.16. The van der Waals surface area contributed by atoms with Gasteiger partial charge in [0, 0.05) is 30.2 Å². The molecule has 1 amide bonds. The summed E-state index contributed by atoms with van der Waals surface area (Å²) in [6.45, 7) is 5.32. The van der Waals surface area contributed by atoms with Crippen molar-refractivity contribution in [1.82, 2.24) is 15.2 Å². The largest absolute Gasteiger partial charge is 0.357 e. The van der Waals surface area contributed by atoms with Crippen molar-refractivity contribution >= 4 is 52.9 Å². The Morgan fingerprint density at radius 3 is 2.85 bits per heavy atom. The average Bonchev–Trinajstić information content (AvgIpc) is 3.03. The van der Waals surface area contributed by atoms with Crippen LogP contribution >= 0.6 is 35.3 Å². The number of amides is 1. The maximum Gasteiger partial charge on any atom is 0.246 e. The number of hydrogen-bond acceptors (Lipinski definition) is 4. The summed E-state index contributed by atoms with van der Waals surface area (Å²) < 4.78 is 0. The second-order valence-electron chi connectivity index (χ2n) is 5.66. The SMILES string of the molecule is C#Cc1cccc(NC(=O)CN=C(NCC)N(C)Cc2csc(C)n2)c1.I. The summed E-state index contributed by atoms with van der Waals surface area (Å²) in [5, 5.41) is 9.06. The van der Waals surface area contributed by atoms with Crippen LogP contribution in [0.4, 0.5) is 5.69 Å². The van der Waals surface area contributed by atoms with Gasteiger partial charge < -0.3 is 15.5 Å². The van der Waals surface area contributed by atoms with Crippen LogP contribution in [-0.2, 0) is 11.3 Å². The minimum atomic E-state index is -0.201. The van der Waals surface area contributed by atoms with Gasteiger partial charge in [0.05, 0.1) is 17.2 Å². The van der Waals surface area contributed by atoms with Gasteiger partial charge in [-0.3, -0.25) is 4.79 Å². The molecule has 0 saturated carbocycles. The van der Waals surface area contributed by atoms with E-state index in [1.807, 2.05) is 43.3 Å². The van der Waals surface area contributed by atoms with E-state index in [2.05, 4.69) is 26.5 Å². The number of hydrogen-bond donors (Lipinski definition) is 2. The van der Waals surface area contributed by atoms with Gasteiger partial charge in [-0.15, -0.1) is 41.7 Å². The highest BCUT2D eigenvalue weighted by atomic mass is 127. The van der Waals surface area contributed by atoms with Crippen molar-refractivity contribution < 1.29 is 4.79 Å². The number of rotatable bonds is 6. The number of aromatic nitrogens is 1. The third-order valence-electron chi connectivity index (χ3n) is 3.45. The molecule has 0 saturated heterocycles. The second kappa shape index (κ2) is 11.6. The van der Waals surface area contributed by atoms with Crippen molar-refractivity contribution in [3.8, 4) is 12.3 Å². The topological polar surface area (TPSA) is 69.6 Å². The van der Waals surface area contributed by atoms with Gasteiger partial charge in [-0.1, -0.05) is 12.0 Å². The number of nitrogens with zero attached hydrogens (tertiary/aromatic N) is 3. The highest BCUT2D eigenvalue weighted by Gasteiger charge is 2.10. The molecule has 144 valence electrons. The third kappa shape index (κ3) is 7.56. The molecule has 6 nitrogen and oxygen atoms in total. The van der Waals surface area contributed by atoms with E-state index in [-0.39, 0.29) is 36.4 Å². The molecule has 2 N–H and O–H groups in total. The molecule has 27 heavy (non-hydrogen) atoms. The Bertz CT molecular complexity index is 828. The van der Waals surface area contributed by atoms with Gasteiger partial charge in [-0.05, 0) is 32.0 Å². The Morgan fingerprint density at radius 1 is 1.44 bits per heavy atom. The summed E-state index contributed by atoms with van der Waals surface area (Å²) in [4.78, 5) is 23.0. The zero-order valence-corrected chi connectivity index (χ0v) is 18.8. The number of benzene rings is 1. The quantitative estimate of drug-likeness (QED) is 0.279. The molecule has 0 spiro atoms. The molecule has 1 heterocycles. The van der Waals surface area contributed by atoms with Crippen LogP contribution in [0.25, 0.3) is 0 Å². The van der Waals surface area contributed by atoms with Crippen molar-refractivity contribution in [2.75, 3.05) is 25.5 Å². The molecule has 0 radical (unpaired) electrons. The van der Waals surface area contributed by atoms with Crippen LogP contribution in [0.2, 0.25) is 0 Å². The number of aryl methyl sites for hydroxylation is 1. The molecule has 0 aliphatic carbocycles. The lowest BCUT2D eigenvalue weighted by Crippen LogP contribution is -2.39. The molecule has 0 fully saturated rings. The summed E-state index contributed by atoms with van der Waals surface area (Å²) >= 11 is 1.62. The zero-order chi connectivity index (χ0) is 18.9. The van der Waals surface area contributed by atoms with E-state index < -0.39 is 0 Å². The smallest absolute Gasteiger partial charge is 0.246 e. The normalized spacial score (nSPS) is 10.5. The maximum absolute atomic E-state index is 12.2. The lowest BCUT2D eigenvalue weighted by atomic mass is 10.2. The zero-order valence-electron chi connectivity index (χ0n) is 15.7. The molecule has 0 aliphatic rings. The Kier molecular flexibility index (Phi) is 9.82. The van der Waals surface area contributed by atoms with E-state index in [1.54, 1.807) is 23.5 Å². The standard InChI is InChI=1S/C19H23N5OS.HI/c1-5-15-8-7-9-16(10-15)23-18(25)11-21-19(20-6-2)24(4)12-17-13-26-14(3)22-17;/h1,7-10,13H,6,11-12H2,2-4H3,(H,20,21)(H,23,25);1H. The van der Waals surface area contributed by atoms with Crippen molar-refractivity contribution in [3.63, 3.8) is 0 Å². The molecule has 0 bridgehead atoms. The van der Waals surface area contributed by atoms with E-state index in [0.29, 0.717) is 24.7 Å². The minimum Gasteiger partial charge on any atom is -0.357 e. The number of carbonyl (C=O) groups is 1. The van der Waals surface area contributed by atoms with Gasteiger partial charge in [0.15, 0.2) is 5.96 Å².